The highest BCUT2D eigenvalue weighted by atomic mass is 79.9. The van der Waals surface area contributed by atoms with Gasteiger partial charge in [-0.1, -0.05) is 28.1 Å². The molecule has 1 N–H and O–H groups in total. The highest BCUT2D eigenvalue weighted by molar-refractivity contribution is 9.09. The zero-order chi connectivity index (χ0) is 13.5. The third kappa shape index (κ3) is 2.45. The molecule has 1 aliphatic rings. The second kappa shape index (κ2) is 4.46. The number of carbonyl (C=O) groups excluding carboxylic acids is 1. The number of anilines is 1. The van der Waals surface area contributed by atoms with Crippen molar-refractivity contribution < 1.29 is 18.0 Å². The quantitative estimate of drug-likeness (QED) is 0.786. The molecule has 0 bridgehead atoms. The number of hydrogen-bond donors (Lipinski definition) is 1. The normalized spacial score (nSPS) is 17.2. The van der Waals surface area contributed by atoms with E-state index in [1.54, 1.807) is 7.05 Å². The molecule has 0 fully saturated rings. The van der Waals surface area contributed by atoms with Gasteiger partial charge in [-0.15, -0.1) is 0 Å². The number of nitrogens with zero attached hydrogens (tertiary/aromatic N) is 1. The van der Waals surface area contributed by atoms with Gasteiger partial charge >= 0.3 is 12.2 Å². The van der Waals surface area contributed by atoms with E-state index in [1.165, 1.54) is 23.1 Å². The van der Waals surface area contributed by atoms with E-state index in [9.17, 15) is 18.0 Å². The van der Waals surface area contributed by atoms with Gasteiger partial charge in [-0.2, -0.15) is 13.2 Å². The average Bonchev–Trinajstić information content (AvgIpc) is 2.28. The van der Waals surface area contributed by atoms with E-state index >= 15 is 0 Å². The summed E-state index contributed by atoms with van der Waals surface area (Å²) >= 11 is 2.64. The largest absolute Gasteiger partial charge is 0.405 e. The van der Waals surface area contributed by atoms with Crippen LogP contribution in [0.1, 0.15) is 16.0 Å². The summed E-state index contributed by atoms with van der Waals surface area (Å²) in [6.07, 6.45) is -4.34. The third-order valence-electron chi connectivity index (χ3n) is 2.71. The van der Waals surface area contributed by atoms with Crippen LogP contribution in [0.25, 0.3) is 0 Å². The molecule has 0 aliphatic carbocycles. The first-order valence-corrected chi connectivity index (χ1v) is 6.06. The summed E-state index contributed by atoms with van der Waals surface area (Å²) in [6.45, 7) is 0.298. The third-order valence-corrected chi connectivity index (χ3v) is 3.75. The molecule has 0 spiro atoms. The maximum Gasteiger partial charge on any atom is 0.405 e. The Balaban J connectivity index is 2.33. The zero-order valence-corrected chi connectivity index (χ0v) is 11.0. The van der Waals surface area contributed by atoms with Crippen LogP contribution < -0.4 is 5.32 Å². The lowest BCUT2D eigenvalue weighted by Crippen LogP contribution is -2.35. The van der Waals surface area contributed by atoms with Crippen LogP contribution in [0.15, 0.2) is 18.2 Å². The number of carbonyl (C=O) groups is 1. The van der Waals surface area contributed by atoms with Gasteiger partial charge < -0.3 is 10.2 Å². The van der Waals surface area contributed by atoms with E-state index in [-0.39, 0.29) is 11.6 Å². The Morgan fingerprint density at radius 2 is 2.11 bits per heavy atom. The molecule has 0 saturated heterocycles. The van der Waals surface area contributed by atoms with E-state index in [0.29, 0.717) is 17.8 Å². The van der Waals surface area contributed by atoms with Gasteiger partial charge in [0.25, 0.3) is 0 Å². The van der Waals surface area contributed by atoms with Crippen molar-refractivity contribution >= 4 is 27.6 Å². The van der Waals surface area contributed by atoms with Gasteiger partial charge in [-0.05, 0) is 17.2 Å². The van der Waals surface area contributed by atoms with Gasteiger partial charge in [-0.25, -0.2) is 4.79 Å². The van der Waals surface area contributed by atoms with Gasteiger partial charge in [0.15, 0.2) is 0 Å². The molecule has 0 radical (unpaired) electrons. The molecule has 7 heteroatoms. The minimum absolute atomic E-state index is 0.130. The molecule has 0 aromatic heterocycles. The van der Waals surface area contributed by atoms with E-state index in [0.717, 1.165) is 0 Å². The Morgan fingerprint density at radius 3 is 2.72 bits per heavy atom. The number of halogens is 4. The Hall–Kier alpha value is -1.24. The molecule has 1 aromatic carbocycles. The van der Waals surface area contributed by atoms with Crippen LogP contribution in [0.5, 0.6) is 0 Å². The number of urea groups is 1. The van der Waals surface area contributed by atoms with Crippen molar-refractivity contribution in [1.82, 2.24) is 4.90 Å². The van der Waals surface area contributed by atoms with Gasteiger partial charge in [0.1, 0.15) is 4.83 Å². The summed E-state index contributed by atoms with van der Waals surface area (Å²) in [6, 6.07) is 4.05. The van der Waals surface area contributed by atoms with Crippen LogP contribution >= 0.6 is 15.9 Å². The van der Waals surface area contributed by atoms with Crippen LogP contribution in [0, 0.1) is 0 Å². The van der Waals surface area contributed by atoms with Crippen molar-refractivity contribution in [2.75, 3.05) is 12.4 Å². The van der Waals surface area contributed by atoms with E-state index in [1.807, 2.05) is 0 Å². The molecule has 18 heavy (non-hydrogen) atoms. The van der Waals surface area contributed by atoms with Gasteiger partial charge in [0.2, 0.25) is 0 Å². The summed E-state index contributed by atoms with van der Waals surface area (Å²) in [7, 11) is 1.58. The molecule has 1 aromatic rings. The molecule has 1 heterocycles. The van der Waals surface area contributed by atoms with E-state index in [2.05, 4.69) is 21.2 Å². The summed E-state index contributed by atoms with van der Waals surface area (Å²) in [5, 5.41) is 2.60. The van der Waals surface area contributed by atoms with E-state index < -0.39 is 11.0 Å². The van der Waals surface area contributed by atoms with Crippen LogP contribution in [-0.4, -0.2) is 24.2 Å². The first-order chi connectivity index (χ1) is 8.29. The molecule has 2 rings (SSSR count). The number of hydrogen-bond acceptors (Lipinski definition) is 1. The minimum atomic E-state index is -4.34. The maximum atomic E-state index is 12.6. The van der Waals surface area contributed by atoms with Crippen LogP contribution in [0.4, 0.5) is 23.7 Å². The van der Waals surface area contributed by atoms with Crippen molar-refractivity contribution in [2.45, 2.75) is 17.5 Å². The van der Waals surface area contributed by atoms with Crippen molar-refractivity contribution in [3.63, 3.8) is 0 Å². The molecule has 1 atom stereocenters. The lowest BCUT2D eigenvalue weighted by atomic mass is 10.0. The highest BCUT2D eigenvalue weighted by Crippen LogP contribution is 2.40. The molecule has 1 aliphatic heterocycles. The molecular weight excluding hydrogens is 313 g/mol. The fraction of sp³-hybridized carbons (Fsp3) is 0.364. The van der Waals surface area contributed by atoms with Crippen LogP contribution in [-0.2, 0) is 6.54 Å². The SMILES string of the molecule is CN1Cc2cc(C(Br)C(F)(F)F)ccc2NC1=O. The van der Waals surface area contributed by atoms with Gasteiger partial charge in [-0.3, -0.25) is 0 Å². The molecule has 0 saturated carbocycles. The van der Waals surface area contributed by atoms with Crippen molar-refractivity contribution in [3.8, 4) is 0 Å². The number of benzene rings is 1. The number of fused-ring (bicyclic) bond motifs is 1. The predicted molar refractivity (Wildman–Crippen MR) is 64.7 cm³/mol. The second-order valence-corrected chi connectivity index (χ2v) is 5.02. The van der Waals surface area contributed by atoms with Crippen LogP contribution in [0.2, 0.25) is 0 Å². The number of amides is 2. The number of rotatable bonds is 1. The molecule has 1 unspecified atom stereocenters. The number of nitrogens with one attached hydrogen (secondary N) is 1. The minimum Gasteiger partial charge on any atom is -0.323 e. The summed E-state index contributed by atoms with van der Waals surface area (Å²) < 4.78 is 37.7. The second-order valence-electron chi connectivity index (χ2n) is 4.11. The zero-order valence-electron chi connectivity index (χ0n) is 9.38. The van der Waals surface area contributed by atoms with Crippen LogP contribution in [0.3, 0.4) is 0 Å². The molecule has 98 valence electrons. The Kier molecular flexibility index (Phi) is 3.27. The highest BCUT2D eigenvalue weighted by Gasteiger charge is 2.39. The summed E-state index contributed by atoms with van der Waals surface area (Å²) in [5.41, 5.74) is 1.36. The van der Waals surface area contributed by atoms with E-state index in [4.69, 9.17) is 0 Å². The predicted octanol–water partition coefficient (Wildman–Crippen LogP) is 3.66. The average molecular weight is 323 g/mol. The fourth-order valence-corrected chi connectivity index (χ4v) is 2.04. The maximum absolute atomic E-state index is 12.6. The monoisotopic (exact) mass is 322 g/mol. The summed E-state index contributed by atoms with van der Waals surface area (Å²) in [5.74, 6) is 0. The standard InChI is InChI=1S/C11H10BrF3N2O/c1-17-5-7-4-6(9(12)11(13,14)15)2-3-8(7)16-10(17)18/h2-4,9H,5H2,1H3,(H,16,18). The first kappa shape index (κ1) is 13.2. The van der Waals surface area contributed by atoms with Crippen molar-refractivity contribution in [2.24, 2.45) is 0 Å². The molecule has 2 amide bonds. The smallest absolute Gasteiger partial charge is 0.323 e. The number of alkyl halides is 4. The molecular formula is C11H10BrF3N2O. The van der Waals surface area contributed by atoms with Crippen molar-refractivity contribution in [1.29, 1.82) is 0 Å². The lowest BCUT2D eigenvalue weighted by Gasteiger charge is -2.27. The Bertz CT molecular complexity index is 490. The molecule has 3 nitrogen and oxygen atoms in total. The fourth-order valence-electron chi connectivity index (χ4n) is 1.75. The van der Waals surface area contributed by atoms with Crippen molar-refractivity contribution in [3.05, 3.63) is 29.3 Å². The Morgan fingerprint density at radius 1 is 1.44 bits per heavy atom. The van der Waals surface area contributed by atoms with Gasteiger partial charge in [0.05, 0.1) is 0 Å². The lowest BCUT2D eigenvalue weighted by molar-refractivity contribution is -0.128. The Labute approximate surface area is 110 Å². The summed E-state index contributed by atoms with van der Waals surface area (Å²) in [4.78, 5) is 11.1. The first-order valence-electron chi connectivity index (χ1n) is 5.15. The van der Waals surface area contributed by atoms with Gasteiger partial charge in [0, 0.05) is 19.3 Å². The topological polar surface area (TPSA) is 32.3 Å².